The number of anilines is 2. The molecule has 1 saturated heterocycles. The Morgan fingerprint density at radius 3 is 2.60 bits per heavy atom. The zero-order valence-corrected chi connectivity index (χ0v) is 16.3. The molecule has 1 aromatic heterocycles. The number of aromatic nitrogens is 2. The third-order valence-corrected chi connectivity index (χ3v) is 6.42. The maximum atomic E-state index is 12.4. The Hall–Kier alpha value is -1.60. The van der Waals surface area contributed by atoms with Crippen LogP contribution >= 0.6 is 23.1 Å². The van der Waals surface area contributed by atoms with Crippen molar-refractivity contribution in [3.8, 4) is 0 Å². The lowest BCUT2D eigenvalue weighted by Gasteiger charge is -2.28. The topological polar surface area (TPSA) is 58.1 Å². The first kappa shape index (κ1) is 18.2. The number of nitrogens with zero attached hydrogens (tertiary/aromatic N) is 3. The van der Waals surface area contributed by atoms with Gasteiger partial charge in [-0.15, -0.1) is 10.2 Å². The molecule has 1 amide bonds. The molecular weight excluding hydrogens is 352 g/mol. The highest BCUT2D eigenvalue weighted by molar-refractivity contribution is 8.01. The quantitative estimate of drug-likeness (QED) is 0.593. The van der Waals surface area contributed by atoms with E-state index in [9.17, 15) is 4.79 Å². The number of carbonyl (C=O) groups excluding carboxylic acids is 1. The zero-order chi connectivity index (χ0) is 17.6. The predicted octanol–water partition coefficient (Wildman–Crippen LogP) is 4.53. The molecule has 0 bridgehead atoms. The van der Waals surface area contributed by atoms with Crippen molar-refractivity contribution in [2.45, 2.75) is 37.4 Å². The summed E-state index contributed by atoms with van der Waals surface area (Å²) in [5, 5.41) is 11.6. The summed E-state index contributed by atoms with van der Waals surface area (Å²) in [5.41, 5.74) is 1.84. The van der Waals surface area contributed by atoms with E-state index in [2.05, 4.69) is 34.3 Å². The average Bonchev–Trinajstić information content (AvgIpc) is 3.08. The van der Waals surface area contributed by atoms with Crippen molar-refractivity contribution in [1.82, 2.24) is 10.2 Å². The van der Waals surface area contributed by atoms with Gasteiger partial charge in [-0.2, -0.15) is 0 Å². The van der Waals surface area contributed by atoms with Gasteiger partial charge in [-0.3, -0.25) is 10.1 Å². The van der Waals surface area contributed by atoms with Crippen LogP contribution in [0.3, 0.4) is 0 Å². The van der Waals surface area contributed by atoms with Crippen LogP contribution in [0.1, 0.15) is 43.5 Å². The van der Waals surface area contributed by atoms with Crippen LogP contribution in [0.4, 0.5) is 10.8 Å². The number of piperidine rings is 1. The summed E-state index contributed by atoms with van der Waals surface area (Å²) in [6.07, 6.45) is 3.81. The monoisotopic (exact) mass is 376 g/mol. The van der Waals surface area contributed by atoms with E-state index in [-0.39, 0.29) is 5.91 Å². The molecule has 0 saturated carbocycles. The highest BCUT2D eigenvalue weighted by atomic mass is 32.2. The van der Waals surface area contributed by atoms with Crippen LogP contribution in [0.15, 0.2) is 28.6 Å². The van der Waals surface area contributed by atoms with Crippen LogP contribution in [0, 0.1) is 5.92 Å². The molecule has 2 heterocycles. The summed E-state index contributed by atoms with van der Waals surface area (Å²) < 4.78 is 0.893. The van der Waals surface area contributed by atoms with Crippen molar-refractivity contribution >= 4 is 39.8 Å². The Morgan fingerprint density at radius 1 is 1.20 bits per heavy atom. The number of thioether (sulfide) groups is 1. The fourth-order valence-electron chi connectivity index (χ4n) is 2.70. The van der Waals surface area contributed by atoms with Gasteiger partial charge < -0.3 is 4.90 Å². The zero-order valence-electron chi connectivity index (χ0n) is 14.7. The maximum absolute atomic E-state index is 12.4. The lowest BCUT2D eigenvalue weighted by Crippen LogP contribution is -2.29. The van der Waals surface area contributed by atoms with Crippen LogP contribution in [0.2, 0.25) is 0 Å². The van der Waals surface area contributed by atoms with Gasteiger partial charge in [0, 0.05) is 30.1 Å². The third kappa shape index (κ3) is 5.19. The number of rotatable bonds is 6. The molecule has 0 aliphatic carbocycles. The van der Waals surface area contributed by atoms with Crippen molar-refractivity contribution in [2.24, 2.45) is 5.92 Å². The number of nitrogens with one attached hydrogen (secondary N) is 1. The van der Waals surface area contributed by atoms with E-state index in [1.54, 1.807) is 11.8 Å². The van der Waals surface area contributed by atoms with Crippen LogP contribution in [-0.4, -0.2) is 34.9 Å². The fraction of sp³-hybridized carbons (Fsp3) is 0.500. The number of amides is 1. The van der Waals surface area contributed by atoms with Gasteiger partial charge in [-0.1, -0.05) is 36.9 Å². The molecule has 5 nitrogen and oxygen atoms in total. The standard InChI is InChI=1S/C18H24N4OS2/c1-13(2)12-24-18-21-20-17(25-18)19-16(23)14-6-8-15(9-7-14)22-10-4-3-5-11-22/h6-9,13H,3-5,10-12H2,1-2H3,(H,19,20,23). The van der Waals surface area contributed by atoms with Crippen molar-refractivity contribution < 1.29 is 4.79 Å². The fourth-order valence-corrected chi connectivity index (χ4v) is 4.43. The van der Waals surface area contributed by atoms with E-state index in [0.29, 0.717) is 16.6 Å². The van der Waals surface area contributed by atoms with Gasteiger partial charge in [-0.25, -0.2) is 0 Å². The molecule has 0 spiro atoms. The highest BCUT2D eigenvalue weighted by Gasteiger charge is 2.13. The average molecular weight is 377 g/mol. The van der Waals surface area contributed by atoms with Gasteiger partial charge >= 0.3 is 0 Å². The van der Waals surface area contributed by atoms with Crippen molar-refractivity contribution in [3.63, 3.8) is 0 Å². The molecule has 0 unspecified atom stereocenters. The molecule has 3 rings (SSSR count). The molecule has 0 radical (unpaired) electrons. The van der Waals surface area contributed by atoms with E-state index >= 15 is 0 Å². The Balaban J connectivity index is 1.57. The van der Waals surface area contributed by atoms with Gasteiger partial charge in [0.2, 0.25) is 5.13 Å². The molecule has 1 aliphatic rings. The molecule has 2 aromatic rings. The first-order valence-corrected chi connectivity index (χ1v) is 10.5. The minimum atomic E-state index is -0.137. The molecule has 25 heavy (non-hydrogen) atoms. The minimum Gasteiger partial charge on any atom is -0.372 e. The van der Waals surface area contributed by atoms with E-state index in [1.165, 1.54) is 36.3 Å². The Labute approximate surface area is 157 Å². The van der Waals surface area contributed by atoms with E-state index in [0.717, 1.165) is 23.2 Å². The molecule has 1 aliphatic heterocycles. The first-order valence-electron chi connectivity index (χ1n) is 8.74. The Bertz CT molecular complexity index is 693. The highest BCUT2D eigenvalue weighted by Crippen LogP contribution is 2.27. The van der Waals surface area contributed by atoms with Crippen LogP contribution in [-0.2, 0) is 0 Å². The van der Waals surface area contributed by atoms with Gasteiger partial charge in [0.05, 0.1) is 0 Å². The number of hydrogen-bond donors (Lipinski definition) is 1. The smallest absolute Gasteiger partial charge is 0.257 e. The van der Waals surface area contributed by atoms with E-state index in [1.807, 2.05) is 24.3 Å². The third-order valence-electron chi connectivity index (χ3n) is 4.02. The van der Waals surface area contributed by atoms with Crippen molar-refractivity contribution in [1.29, 1.82) is 0 Å². The molecule has 1 aromatic carbocycles. The van der Waals surface area contributed by atoms with Crippen LogP contribution in [0.5, 0.6) is 0 Å². The summed E-state index contributed by atoms with van der Waals surface area (Å²) >= 11 is 3.10. The Morgan fingerprint density at radius 2 is 1.92 bits per heavy atom. The summed E-state index contributed by atoms with van der Waals surface area (Å²) in [4.78, 5) is 14.8. The number of benzene rings is 1. The maximum Gasteiger partial charge on any atom is 0.257 e. The van der Waals surface area contributed by atoms with E-state index in [4.69, 9.17) is 0 Å². The molecule has 1 N–H and O–H groups in total. The molecule has 1 fully saturated rings. The van der Waals surface area contributed by atoms with Gasteiger partial charge in [0.25, 0.3) is 5.91 Å². The second kappa shape index (κ2) is 8.67. The summed E-state index contributed by atoms with van der Waals surface area (Å²) in [6, 6.07) is 7.83. The second-order valence-corrected chi connectivity index (χ2v) is 8.87. The summed E-state index contributed by atoms with van der Waals surface area (Å²) in [7, 11) is 0. The van der Waals surface area contributed by atoms with Gasteiger partial charge in [0.15, 0.2) is 4.34 Å². The second-order valence-electron chi connectivity index (χ2n) is 6.63. The lowest BCUT2D eigenvalue weighted by atomic mass is 10.1. The van der Waals surface area contributed by atoms with Gasteiger partial charge in [-0.05, 0) is 49.4 Å². The van der Waals surface area contributed by atoms with Gasteiger partial charge in [0.1, 0.15) is 0 Å². The molecule has 134 valence electrons. The van der Waals surface area contributed by atoms with E-state index < -0.39 is 0 Å². The molecular formula is C18H24N4OS2. The minimum absolute atomic E-state index is 0.137. The normalized spacial score (nSPS) is 14.8. The first-order chi connectivity index (χ1) is 12.1. The molecule has 0 atom stereocenters. The number of carbonyl (C=O) groups is 1. The predicted molar refractivity (Wildman–Crippen MR) is 106 cm³/mol. The molecule has 7 heteroatoms. The number of hydrogen-bond acceptors (Lipinski definition) is 6. The van der Waals surface area contributed by atoms with Crippen molar-refractivity contribution in [3.05, 3.63) is 29.8 Å². The Kier molecular flexibility index (Phi) is 6.31. The summed E-state index contributed by atoms with van der Waals surface area (Å²) in [6.45, 7) is 6.55. The van der Waals surface area contributed by atoms with Crippen molar-refractivity contribution in [2.75, 3.05) is 29.1 Å². The summed E-state index contributed by atoms with van der Waals surface area (Å²) in [5.74, 6) is 1.47. The van der Waals surface area contributed by atoms with Crippen LogP contribution in [0.25, 0.3) is 0 Å². The SMILES string of the molecule is CC(C)CSc1nnc(NC(=O)c2ccc(N3CCCCC3)cc2)s1. The lowest BCUT2D eigenvalue weighted by molar-refractivity contribution is 0.102. The van der Waals surface area contributed by atoms with Crippen LogP contribution < -0.4 is 10.2 Å². The largest absolute Gasteiger partial charge is 0.372 e.